The first-order valence-electron chi connectivity index (χ1n) is 6.09. The second kappa shape index (κ2) is 5.46. The summed E-state index contributed by atoms with van der Waals surface area (Å²) in [6.07, 6.45) is 0. The first kappa shape index (κ1) is 12.9. The zero-order chi connectivity index (χ0) is 13.9. The highest BCUT2D eigenvalue weighted by atomic mass is 79.9. The summed E-state index contributed by atoms with van der Waals surface area (Å²) in [7, 11) is 1.65. The number of nitrogens with one attached hydrogen (secondary N) is 1. The topological polar surface area (TPSA) is 50.8 Å². The van der Waals surface area contributed by atoms with E-state index in [9.17, 15) is 0 Å². The Kier molecular flexibility index (Phi) is 3.52. The van der Waals surface area contributed by atoms with Crippen molar-refractivity contribution >= 4 is 15.9 Å². The standard InChI is InChI=1S/C15H12BrN3O/c1-20-13-8-4-11(5-9-13)15-14(17-19-18-15)10-2-6-12(16)7-3-10/h2-9H,1H3,(H,17,18,19). The van der Waals surface area contributed by atoms with Crippen molar-refractivity contribution in [3.05, 3.63) is 53.0 Å². The molecule has 1 N–H and O–H groups in total. The highest BCUT2D eigenvalue weighted by Crippen LogP contribution is 2.29. The largest absolute Gasteiger partial charge is 0.497 e. The van der Waals surface area contributed by atoms with Crippen molar-refractivity contribution in [3.8, 4) is 28.3 Å². The van der Waals surface area contributed by atoms with E-state index in [0.717, 1.165) is 32.7 Å². The van der Waals surface area contributed by atoms with Gasteiger partial charge in [0.1, 0.15) is 11.4 Å². The Labute approximate surface area is 124 Å². The molecule has 1 aromatic heterocycles. The third-order valence-electron chi connectivity index (χ3n) is 3.04. The Morgan fingerprint density at radius 1 is 0.950 bits per heavy atom. The maximum Gasteiger partial charge on any atom is 0.120 e. The molecule has 5 heteroatoms. The number of halogens is 1. The van der Waals surface area contributed by atoms with Crippen molar-refractivity contribution in [1.82, 2.24) is 15.4 Å². The number of benzene rings is 2. The van der Waals surface area contributed by atoms with Gasteiger partial charge in [-0.15, -0.1) is 5.10 Å². The van der Waals surface area contributed by atoms with Crippen LogP contribution in [0.4, 0.5) is 0 Å². The smallest absolute Gasteiger partial charge is 0.120 e. The molecule has 0 atom stereocenters. The lowest BCUT2D eigenvalue weighted by atomic mass is 10.1. The van der Waals surface area contributed by atoms with E-state index in [-0.39, 0.29) is 0 Å². The number of H-pyrrole nitrogens is 1. The summed E-state index contributed by atoms with van der Waals surface area (Å²) in [5.41, 5.74) is 3.78. The minimum atomic E-state index is 0.825. The summed E-state index contributed by atoms with van der Waals surface area (Å²) in [5.74, 6) is 0.825. The van der Waals surface area contributed by atoms with Gasteiger partial charge >= 0.3 is 0 Å². The quantitative estimate of drug-likeness (QED) is 0.792. The molecule has 3 rings (SSSR count). The molecule has 4 nitrogen and oxygen atoms in total. The van der Waals surface area contributed by atoms with E-state index in [1.807, 2.05) is 48.5 Å². The van der Waals surface area contributed by atoms with Gasteiger partial charge in [0.25, 0.3) is 0 Å². The molecule has 0 fully saturated rings. The van der Waals surface area contributed by atoms with Gasteiger partial charge in [0.05, 0.1) is 12.8 Å². The van der Waals surface area contributed by atoms with Crippen LogP contribution >= 0.6 is 15.9 Å². The van der Waals surface area contributed by atoms with Crippen LogP contribution in [-0.4, -0.2) is 22.5 Å². The van der Waals surface area contributed by atoms with E-state index in [2.05, 4.69) is 31.3 Å². The zero-order valence-corrected chi connectivity index (χ0v) is 12.4. The Morgan fingerprint density at radius 2 is 1.60 bits per heavy atom. The lowest BCUT2D eigenvalue weighted by Gasteiger charge is -2.04. The summed E-state index contributed by atoms with van der Waals surface area (Å²) in [6.45, 7) is 0. The van der Waals surface area contributed by atoms with Crippen LogP contribution in [0, 0.1) is 0 Å². The normalized spacial score (nSPS) is 10.5. The van der Waals surface area contributed by atoms with Crippen LogP contribution in [0.5, 0.6) is 5.75 Å². The molecular weight excluding hydrogens is 318 g/mol. The number of aromatic nitrogens is 3. The lowest BCUT2D eigenvalue weighted by Crippen LogP contribution is -1.85. The number of aromatic amines is 1. The number of methoxy groups -OCH3 is 1. The van der Waals surface area contributed by atoms with Gasteiger partial charge in [-0.25, -0.2) is 0 Å². The SMILES string of the molecule is COc1ccc(-c2[nH]nnc2-c2ccc(Br)cc2)cc1. The van der Waals surface area contributed by atoms with Crippen molar-refractivity contribution in [3.63, 3.8) is 0 Å². The average molecular weight is 330 g/mol. The molecular formula is C15H12BrN3O. The number of hydrogen-bond donors (Lipinski definition) is 1. The van der Waals surface area contributed by atoms with Gasteiger partial charge in [0.2, 0.25) is 0 Å². The molecule has 0 aliphatic carbocycles. The van der Waals surface area contributed by atoms with Crippen LogP contribution in [0.15, 0.2) is 53.0 Å². The number of nitrogens with zero attached hydrogens (tertiary/aromatic N) is 2. The van der Waals surface area contributed by atoms with E-state index >= 15 is 0 Å². The third kappa shape index (κ3) is 2.44. The van der Waals surface area contributed by atoms with Crippen molar-refractivity contribution in [2.24, 2.45) is 0 Å². The monoisotopic (exact) mass is 329 g/mol. The molecule has 0 spiro atoms. The molecule has 0 saturated carbocycles. The van der Waals surface area contributed by atoms with Gasteiger partial charge in [-0.2, -0.15) is 0 Å². The van der Waals surface area contributed by atoms with E-state index in [4.69, 9.17) is 4.74 Å². The van der Waals surface area contributed by atoms with Gasteiger partial charge in [-0.3, -0.25) is 5.10 Å². The lowest BCUT2D eigenvalue weighted by molar-refractivity contribution is 0.415. The predicted molar refractivity (Wildman–Crippen MR) is 81.5 cm³/mol. The van der Waals surface area contributed by atoms with Crippen LogP contribution in [0.2, 0.25) is 0 Å². The van der Waals surface area contributed by atoms with Gasteiger partial charge in [0.15, 0.2) is 0 Å². The van der Waals surface area contributed by atoms with Gasteiger partial charge < -0.3 is 4.74 Å². The number of hydrogen-bond acceptors (Lipinski definition) is 3. The van der Waals surface area contributed by atoms with Crippen LogP contribution in [0.3, 0.4) is 0 Å². The van der Waals surface area contributed by atoms with E-state index in [1.165, 1.54) is 0 Å². The highest BCUT2D eigenvalue weighted by molar-refractivity contribution is 9.10. The van der Waals surface area contributed by atoms with Crippen molar-refractivity contribution in [1.29, 1.82) is 0 Å². The molecule has 1 heterocycles. The minimum Gasteiger partial charge on any atom is -0.497 e. The summed E-state index contributed by atoms with van der Waals surface area (Å²) in [5, 5.41) is 11.1. The molecule has 0 saturated heterocycles. The molecule has 2 aromatic carbocycles. The molecule has 0 radical (unpaired) electrons. The molecule has 0 unspecified atom stereocenters. The summed E-state index contributed by atoms with van der Waals surface area (Å²) < 4.78 is 6.21. The fourth-order valence-electron chi connectivity index (χ4n) is 2.00. The predicted octanol–water partition coefficient (Wildman–Crippen LogP) is 3.91. The Bertz CT molecular complexity index is 705. The molecule has 0 amide bonds. The first-order valence-corrected chi connectivity index (χ1v) is 6.88. The minimum absolute atomic E-state index is 0.825. The fourth-order valence-corrected chi connectivity index (χ4v) is 2.26. The van der Waals surface area contributed by atoms with E-state index in [0.29, 0.717) is 0 Å². The van der Waals surface area contributed by atoms with E-state index < -0.39 is 0 Å². The van der Waals surface area contributed by atoms with Crippen molar-refractivity contribution in [2.45, 2.75) is 0 Å². The number of ether oxygens (including phenoxy) is 1. The molecule has 100 valence electrons. The second-order valence-electron chi connectivity index (χ2n) is 4.27. The van der Waals surface area contributed by atoms with Crippen LogP contribution in [-0.2, 0) is 0 Å². The average Bonchev–Trinajstić information content (AvgIpc) is 2.97. The third-order valence-corrected chi connectivity index (χ3v) is 3.57. The highest BCUT2D eigenvalue weighted by Gasteiger charge is 2.11. The summed E-state index contributed by atoms with van der Waals surface area (Å²) >= 11 is 3.43. The Hall–Kier alpha value is -2.14. The van der Waals surface area contributed by atoms with Crippen LogP contribution in [0.1, 0.15) is 0 Å². The second-order valence-corrected chi connectivity index (χ2v) is 5.19. The van der Waals surface area contributed by atoms with Gasteiger partial charge in [-0.05, 0) is 36.4 Å². The van der Waals surface area contributed by atoms with Gasteiger partial charge in [0, 0.05) is 15.6 Å². The molecule has 0 aliphatic heterocycles. The maximum absolute atomic E-state index is 5.17. The Balaban J connectivity index is 2.02. The molecule has 20 heavy (non-hydrogen) atoms. The molecule has 0 aliphatic rings. The van der Waals surface area contributed by atoms with E-state index in [1.54, 1.807) is 7.11 Å². The molecule has 3 aromatic rings. The summed E-state index contributed by atoms with van der Waals surface area (Å²) in [6, 6.07) is 15.8. The van der Waals surface area contributed by atoms with Gasteiger partial charge in [-0.1, -0.05) is 33.3 Å². The zero-order valence-electron chi connectivity index (χ0n) is 10.8. The maximum atomic E-state index is 5.17. The van der Waals surface area contributed by atoms with Crippen LogP contribution in [0.25, 0.3) is 22.5 Å². The van der Waals surface area contributed by atoms with Crippen LogP contribution < -0.4 is 4.74 Å². The summed E-state index contributed by atoms with van der Waals surface area (Å²) in [4.78, 5) is 0. The van der Waals surface area contributed by atoms with Crippen molar-refractivity contribution < 1.29 is 4.74 Å². The fraction of sp³-hybridized carbons (Fsp3) is 0.0667. The van der Waals surface area contributed by atoms with Crippen molar-refractivity contribution in [2.75, 3.05) is 7.11 Å². The Morgan fingerprint density at radius 3 is 2.25 bits per heavy atom. The first-order chi connectivity index (χ1) is 9.78. The molecule has 0 bridgehead atoms. The number of rotatable bonds is 3.